The highest BCUT2D eigenvalue weighted by atomic mass is 19.4. The highest BCUT2D eigenvalue weighted by Crippen LogP contribution is 2.31. The van der Waals surface area contributed by atoms with Gasteiger partial charge in [-0.1, -0.05) is 6.07 Å². The number of amides is 1. The van der Waals surface area contributed by atoms with E-state index < -0.39 is 17.6 Å². The molecule has 138 valence electrons. The van der Waals surface area contributed by atoms with Gasteiger partial charge in [-0.05, 0) is 48.0 Å². The number of carbonyl (C=O) groups is 1. The Labute approximate surface area is 152 Å². The van der Waals surface area contributed by atoms with Crippen LogP contribution in [0.1, 0.15) is 21.6 Å². The fraction of sp³-hybridized carbons (Fsp3) is 0.111. The number of alkyl halides is 3. The van der Waals surface area contributed by atoms with Gasteiger partial charge in [0.1, 0.15) is 0 Å². The number of nitrogens with zero attached hydrogens (tertiary/aromatic N) is 3. The summed E-state index contributed by atoms with van der Waals surface area (Å²) in [5.74, 6) is -0.190. The number of rotatable bonds is 5. The Morgan fingerprint density at radius 1 is 1.00 bits per heavy atom. The van der Waals surface area contributed by atoms with Crippen LogP contribution in [0, 0.1) is 0 Å². The normalized spacial score (nSPS) is 11.1. The van der Waals surface area contributed by atoms with Gasteiger partial charge in [-0.15, -0.1) is 10.2 Å². The van der Waals surface area contributed by atoms with Gasteiger partial charge in [0.2, 0.25) is 0 Å². The summed E-state index contributed by atoms with van der Waals surface area (Å²) in [4.78, 5) is 16.0. The SMILES string of the molecule is O=C(NCc1ccncc1)c1ccc(Nc2cccc(C(F)(F)F)c2)nn1. The van der Waals surface area contributed by atoms with Crippen LogP contribution in [0.5, 0.6) is 0 Å². The van der Waals surface area contributed by atoms with Gasteiger partial charge in [0, 0.05) is 24.6 Å². The minimum absolute atomic E-state index is 0.0960. The van der Waals surface area contributed by atoms with Crippen LogP contribution in [-0.4, -0.2) is 21.1 Å². The molecule has 0 spiro atoms. The molecule has 0 radical (unpaired) electrons. The van der Waals surface area contributed by atoms with Crippen molar-refractivity contribution in [1.82, 2.24) is 20.5 Å². The molecule has 2 heterocycles. The molecule has 0 aliphatic heterocycles. The molecule has 3 rings (SSSR count). The lowest BCUT2D eigenvalue weighted by Crippen LogP contribution is -2.24. The van der Waals surface area contributed by atoms with Crippen molar-refractivity contribution in [3.05, 3.63) is 77.7 Å². The van der Waals surface area contributed by atoms with Crippen molar-refractivity contribution in [1.29, 1.82) is 0 Å². The standard InChI is InChI=1S/C18H14F3N5O/c19-18(20,21)13-2-1-3-14(10-13)24-16-5-4-15(25-26-16)17(27)23-11-12-6-8-22-9-7-12/h1-10H,11H2,(H,23,27)(H,24,26). The molecule has 9 heteroatoms. The molecule has 6 nitrogen and oxygen atoms in total. The zero-order chi connectivity index (χ0) is 19.3. The number of pyridine rings is 1. The molecule has 0 atom stereocenters. The molecule has 2 N–H and O–H groups in total. The van der Waals surface area contributed by atoms with Crippen LogP contribution in [0.25, 0.3) is 0 Å². The van der Waals surface area contributed by atoms with Gasteiger partial charge in [0.05, 0.1) is 5.56 Å². The predicted molar refractivity (Wildman–Crippen MR) is 92.2 cm³/mol. The maximum Gasteiger partial charge on any atom is 0.416 e. The molecule has 1 amide bonds. The van der Waals surface area contributed by atoms with Gasteiger partial charge in [0.15, 0.2) is 11.5 Å². The van der Waals surface area contributed by atoms with Gasteiger partial charge >= 0.3 is 6.18 Å². The van der Waals surface area contributed by atoms with Gasteiger partial charge < -0.3 is 10.6 Å². The Hall–Kier alpha value is -3.49. The number of carbonyl (C=O) groups excluding carboxylic acids is 1. The quantitative estimate of drug-likeness (QED) is 0.715. The second kappa shape index (κ2) is 7.81. The van der Waals surface area contributed by atoms with Gasteiger partial charge in [-0.3, -0.25) is 9.78 Å². The number of hydrogen-bond donors (Lipinski definition) is 2. The first-order chi connectivity index (χ1) is 12.9. The lowest BCUT2D eigenvalue weighted by molar-refractivity contribution is -0.137. The third kappa shape index (κ3) is 5.00. The number of aromatic nitrogens is 3. The van der Waals surface area contributed by atoms with E-state index >= 15 is 0 Å². The Morgan fingerprint density at radius 3 is 2.44 bits per heavy atom. The molecule has 0 unspecified atom stereocenters. The largest absolute Gasteiger partial charge is 0.416 e. The van der Waals surface area contributed by atoms with E-state index in [1.165, 1.54) is 24.3 Å². The summed E-state index contributed by atoms with van der Waals surface area (Å²) in [6.45, 7) is 0.313. The smallest absolute Gasteiger partial charge is 0.347 e. The highest BCUT2D eigenvalue weighted by Gasteiger charge is 2.30. The van der Waals surface area contributed by atoms with Crippen molar-refractivity contribution < 1.29 is 18.0 Å². The molecule has 0 aliphatic carbocycles. The van der Waals surface area contributed by atoms with E-state index in [-0.39, 0.29) is 17.2 Å². The molecular formula is C18H14F3N5O. The lowest BCUT2D eigenvalue weighted by atomic mass is 10.2. The van der Waals surface area contributed by atoms with E-state index in [0.717, 1.165) is 17.7 Å². The van der Waals surface area contributed by atoms with E-state index in [1.807, 2.05) is 0 Å². The molecule has 0 fully saturated rings. The van der Waals surface area contributed by atoms with E-state index in [0.29, 0.717) is 6.54 Å². The first kappa shape index (κ1) is 18.3. The molecule has 0 aliphatic rings. The van der Waals surface area contributed by atoms with E-state index in [9.17, 15) is 18.0 Å². The number of halogens is 3. The third-order valence-corrected chi connectivity index (χ3v) is 3.56. The Bertz CT molecular complexity index is 914. The fourth-order valence-electron chi connectivity index (χ4n) is 2.21. The zero-order valence-corrected chi connectivity index (χ0v) is 13.9. The highest BCUT2D eigenvalue weighted by molar-refractivity contribution is 5.92. The van der Waals surface area contributed by atoms with E-state index in [2.05, 4.69) is 25.8 Å². The number of nitrogens with one attached hydrogen (secondary N) is 2. The Balaban J connectivity index is 1.62. The van der Waals surface area contributed by atoms with Gasteiger partial charge in [-0.25, -0.2) is 0 Å². The number of hydrogen-bond acceptors (Lipinski definition) is 5. The van der Waals surface area contributed by atoms with Crippen LogP contribution in [0.4, 0.5) is 24.7 Å². The van der Waals surface area contributed by atoms with Crippen molar-refractivity contribution in [3.63, 3.8) is 0 Å². The summed E-state index contributed by atoms with van der Waals surface area (Å²) in [6, 6.07) is 11.2. The summed E-state index contributed by atoms with van der Waals surface area (Å²) in [5, 5.41) is 13.0. The average Bonchev–Trinajstić information content (AvgIpc) is 2.67. The molecule has 1 aromatic carbocycles. The van der Waals surface area contributed by atoms with E-state index in [4.69, 9.17) is 0 Å². The maximum atomic E-state index is 12.7. The van der Waals surface area contributed by atoms with Gasteiger partial charge in [0.25, 0.3) is 5.91 Å². The van der Waals surface area contributed by atoms with Gasteiger partial charge in [-0.2, -0.15) is 13.2 Å². The van der Waals surface area contributed by atoms with Crippen molar-refractivity contribution in [2.45, 2.75) is 12.7 Å². The summed E-state index contributed by atoms with van der Waals surface area (Å²) >= 11 is 0. The molecule has 0 bridgehead atoms. The summed E-state index contributed by atoms with van der Waals surface area (Å²) in [6.07, 6.45) is -1.19. The zero-order valence-electron chi connectivity index (χ0n) is 13.9. The first-order valence-electron chi connectivity index (χ1n) is 7.87. The summed E-state index contributed by atoms with van der Waals surface area (Å²) < 4.78 is 38.2. The number of anilines is 2. The van der Waals surface area contributed by atoms with Crippen LogP contribution >= 0.6 is 0 Å². The monoisotopic (exact) mass is 373 g/mol. The fourth-order valence-corrected chi connectivity index (χ4v) is 2.21. The minimum Gasteiger partial charge on any atom is -0.347 e. The minimum atomic E-state index is -4.43. The second-order valence-corrected chi connectivity index (χ2v) is 5.55. The molecule has 0 saturated heterocycles. The van der Waals surface area contributed by atoms with Crippen LogP contribution < -0.4 is 10.6 Å². The topological polar surface area (TPSA) is 79.8 Å². The van der Waals surface area contributed by atoms with E-state index in [1.54, 1.807) is 24.5 Å². The van der Waals surface area contributed by atoms with Crippen molar-refractivity contribution in [3.8, 4) is 0 Å². The average molecular weight is 373 g/mol. The molecule has 2 aromatic heterocycles. The van der Waals surface area contributed by atoms with Crippen molar-refractivity contribution in [2.24, 2.45) is 0 Å². The lowest BCUT2D eigenvalue weighted by Gasteiger charge is -2.10. The summed E-state index contributed by atoms with van der Waals surface area (Å²) in [7, 11) is 0. The Kier molecular flexibility index (Phi) is 5.30. The van der Waals surface area contributed by atoms with Crippen LogP contribution in [0.2, 0.25) is 0 Å². The molecule has 0 saturated carbocycles. The third-order valence-electron chi connectivity index (χ3n) is 3.56. The maximum absolute atomic E-state index is 12.7. The van der Waals surface area contributed by atoms with Crippen molar-refractivity contribution >= 4 is 17.4 Å². The molecule has 27 heavy (non-hydrogen) atoms. The number of benzene rings is 1. The summed E-state index contributed by atoms with van der Waals surface area (Å²) in [5.41, 5.74) is 0.425. The first-order valence-corrected chi connectivity index (χ1v) is 7.87. The predicted octanol–water partition coefficient (Wildman–Crippen LogP) is 3.56. The Morgan fingerprint density at radius 2 is 1.78 bits per heavy atom. The van der Waals surface area contributed by atoms with Crippen LogP contribution in [0.15, 0.2) is 60.9 Å². The van der Waals surface area contributed by atoms with Crippen LogP contribution in [-0.2, 0) is 12.7 Å². The second-order valence-electron chi connectivity index (χ2n) is 5.55. The van der Waals surface area contributed by atoms with Crippen LogP contribution in [0.3, 0.4) is 0 Å². The molecular weight excluding hydrogens is 359 g/mol. The van der Waals surface area contributed by atoms with Crippen molar-refractivity contribution in [2.75, 3.05) is 5.32 Å². The molecule has 3 aromatic rings.